The van der Waals surface area contributed by atoms with Crippen molar-refractivity contribution in [3.8, 4) is 0 Å². The molecular weight excluding hydrogens is 288 g/mol. The van der Waals surface area contributed by atoms with Gasteiger partial charge < -0.3 is 14.3 Å². The molecule has 2 heterocycles. The van der Waals surface area contributed by atoms with Crippen molar-refractivity contribution in [1.29, 1.82) is 0 Å². The molecule has 0 bridgehead atoms. The van der Waals surface area contributed by atoms with Crippen LogP contribution in [0.25, 0.3) is 0 Å². The van der Waals surface area contributed by atoms with Crippen LogP contribution in [0.2, 0.25) is 0 Å². The fourth-order valence-corrected chi connectivity index (χ4v) is 1.81. The molecule has 7 heteroatoms. The van der Waals surface area contributed by atoms with E-state index in [1.54, 1.807) is 12.4 Å². The topological polar surface area (TPSA) is 73.0 Å². The fraction of sp³-hybridized carbons (Fsp3) is 0.300. The van der Waals surface area contributed by atoms with Gasteiger partial charge in [0.1, 0.15) is 6.33 Å². The van der Waals surface area contributed by atoms with Crippen molar-refractivity contribution >= 4 is 21.8 Å². The molecule has 0 fully saturated rings. The summed E-state index contributed by atoms with van der Waals surface area (Å²) < 4.78 is 7.28. The number of carbonyl (C=O) groups excluding carboxylic acids is 1. The maximum absolute atomic E-state index is 11.8. The van der Waals surface area contributed by atoms with Crippen molar-refractivity contribution in [3.05, 3.63) is 34.7 Å². The molecule has 0 saturated carbocycles. The molecule has 2 aromatic heterocycles. The van der Waals surface area contributed by atoms with E-state index in [-0.39, 0.29) is 5.91 Å². The zero-order chi connectivity index (χ0) is 12.3. The lowest BCUT2D eigenvalue weighted by Crippen LogP contribution is -2.24. The van der Waals surface area contributed by atoms with Crippen molar-refractivity contribution < 1.29 is 9.21 Å². The van der Waals surface area contributed by atoms with E-state index in [2.05, 4.69) is 31.4 Å². The van der Waals surface area contributed by atoms with E-state index in [9.17, 15) is 4.79 Å². The normalized spacial score (nSPS) is 10.5. The number of rotatable bonds is 4. The molecule has 0 saturated heterocycles. The Morgan fingerprint density at radius 1 is 1.65 bits per heavy atom. The lowest BCUT2D eigenvalue weighted by atomic mass is 10.3. The standard InChI is InChI=1S/C10H11BrN4O2/c1-2-15-6-13-14-8(15)5-12-10(16)7-3-4-17-9(7)11/h3-4,6H,2,5H2,1H3,(H,12,16). The highest BCUT2D eigenvalue weighted by Gasteiger charge is 2.13. The van der Waals surface area contributed by atoms with Gasteiger partial charge in [-0.15, -0.1) is 10.2 Å². The number of carbonyl (C=O) groups is 1. The second-order valence-electron chi connectivity index (χ2n) is 3.32. The Morgan fingerprint density at radius 3 is 3.12 bits per heavy atom. The van der Waals surface area contributed by atoms with Gasteiger partial charge in [-0.2, -0.15) is 0 Å². The minimum Gasteiger partial charge on any atom is -0.457 e. The van der Waals surface area contributed by atoms with Crippen molar-refractivity contribution in [2.75, 3.05) is 0 Å². The Kier molecular flexibility index (Phi) is 3.58. The minimum atomic E-state index is -0.212. The third-order valence-electron chi connectivity index (χ3n) is 2.31. The fourth-order valence-electron chi connectivity index (χ4n) is 1.39. The summed E-state index contributed by atoms with van der Waals surface area (Å²) in [6.07, 6.45) is 3.09. The Bertz CT molecular complexity index is 520. The Hall–Kier alpha value is -1.63. The molecular formula is C10H11BrN4O2. The van der Waals surface area contributed by atoms with Gasteiger partial charge in [0, 0.05) is 6.54 Å². The molecule has 2 rings (SSSR count). The first kappa shape index (κ1) is 11.8. The van der Waals surface area contributed by atoms with Gasteiger partial charge in [-0.05, 0) is 28.9 Å². The van der Waals surface area contributed by atoms with Gasteiger partial charge in [0.2, 0.25) is 0 Å². The van der Waals surface area contributed by atoms with Gasteiger partial charge in [0.25, 0.3) is 5.91 Å². The summed E-state index contributed by atoms with van der Waals surface area (Å²) in [4.78, 5) is 11.8. The third-order valence-corrected chi connectivity index (χ3v) is 2.92. The van der Waals surface area contributed by atoms with Crippen molar-refractivity contribution in [2.45, 2.75) is 20.0 Å². The number of nitrogens with one attached hydrogen (secondary N) is 1. The molecule has 0 aliphatic rings. The van der Waals surface area contributed by atoms with Crippen molar-refractivity contribution in [1.82, 2.24) is 20.1 Å². The summed E-state index contributed by atoms with van der Waals surface area (Å²) in [5, 5.41) is 10.5. The van der Waals surface area contributed by atoms with Crippen LogP contribution in [0, 0.1) is 0 Å². The van der Waals surface area contributed by atoms with E-state index < -0.39 is 0 Å². The summed E-state index contributed by atoms with van der Waals surface area (Å²) in [5.74, 6) is 0.511. The van der Waals surface area contributed by atoms with E-state index in [1.165, 1.54) is 6.26 Å². The molecule has 0 radical (unpaired) electrons. The average molecular weight is 299 g/mol. The van der Waals surface area contributed by atoms with Gasteiger partial charge in [-0.25, -0.2) is 0 Å². The highest BCUT2D eigenvalue weighted by molar-refractivity contribution is 9.10. The first-order valence-electron chi connectivity index (χ1n) is 5.10. The second kappa shape index (κ2) is 5.13. The molecule has 1 amide bonds. The molecule has 0 aromatic carbocycles. The van der Waals surface area contributed by atoms with Gasteiger partial charge in [0.05, 0.1) is 18.4 Å². The maximum atomic E-state index is 11.8. The van der Waals surface area contributed by atoms with Gasteiger partial charge in [0.15, 0.2) is 10.5 Å². The molecule has 0 aliphatic heterocycles. The molecule has 90 valence electrons. The summed E-state index contributed by atoms with van der Waals surface area (Å²) in [7, 11) is 0. The molecule has 2 aromatic rings. The Labute approximate surface area is 106 Å². The van der Waals surface area contributed by atoms with Gasteiger partial charge in [-0.1, -0.05) is 0 Å². The molecule has 0 spiro atoms. The highest BCUT2D eigenvalue weighted by Crippen LogP contribution is 2.17. The third kappa shape index (κ3) is 2.55. The molecule has 0 atom stereocenters. The molecule has 1 N–H and O–H groups in total. The second-order valence-corrected chi connectivity index (χ2v) is 4.04. The number of aryl methyl sites for hydroxylation is 1. The minimum absolute atomic E-state index is 0.212. The number of halogens is 1. The lowest BCUT2D eigenvalue weighted by molar-refractivity contribution is 0.0947. The number of aromatic nitrogens is 3. The Balaban J connectivity index is 1.99. The van der Waals surface area contributed by atoms with Crippen LogP contribution >= 0.6 is 15.9 Å². The van der Waals surface area contributed by atoms with Gasteiger partial charge >= 0.3 is 0 Å². The van der Waals surface area contributed by atoms with Crippen LogP contribution < -0.4 is 5.32 Å². The quantitative estimate of drug-likeness (QED) is 0.930. The summed E-state index contributed by atoms with van der Waals surface area (Å²) in [6, 6.07) is 1.60. The van der Waals surface area contributed by atoms with Crippen LogP contribution in [0.15, 0.2) is 27.7 Å². The van der Waals surface area contributed by atoms with E-state index in [0.29, 0.717) is 16.8 Å². The van der Waals surface area contributed by atoms with E-state index in [1.807, 2.05) is 11.5 Å². The number of furan rings is 1. The van der Waals surface area contributed by atoms with Crippen molar-refractivity contribution in [2.24, 2.45) is 0 Å². The first-order valence-corrected chi connectivity index (χ1v) is 5.89. The first-order chi connectivity index (χ1) is 8.22. The van der Waals surface area contributed by atoms with E-state index >= 15 is 0 Å². The molecule has 0 unspecified atom stereocenters. The zero-order valence-corrected chi connectivity index (χ0v) is 10.8. The van der Waals surface area contributed by atoms with Crippen LogP contribution in [0.1, 0.15) is 23.1 Å². The monoisotopic (exact) mass is 298 g/mol. The number of hydrogen-bond donors (Lipinski definition) is 1. The summed E-state index contributed by atoms with van der Waals surface area (Å²) >= 11 is 3.15. The van der Waals surface area contributed by atoms with Crippen LogP contribution in [0.4, 0.5) is 0 Å². The predicted octanol–water partition coefficient (Wildman–Crippen LogP) is 1.58. The summed E-state index contributed by atoms with van der Waals surface area (Å²) in [6.45, 7) is 3.10. The van der Waals surface area contributed by atoms with Crippen LogP contribution in [-0.4, -0.2) is 20.7 Å². The molecule has 17 heavy (non-hydrogen) atoms. The van der Waals surface area contributed by atoms with E-state index in [0.717, 1.165) is 12.4 Å². The average Bonchev–Trinajstić information content (AvgIpc) is 2.94. The SMILES string of the molecule is CCn1cnnc1CNC(=O)c1ccoc1Br. The smallest absolute Gasteiger partial charge is 0.256 e. The van der Waals surface area contributed by atoms with Crippen LogP contribution in [0.5, 0.6) is 0 Å². The van der Waals surface area contributed by atoms with E-state index in [4.69, 9.17) is 4.42 Å². The van der Waals surface area contributed by atoms with Gasteiger partial charge in [-0.3, -0.25) is 4.79 Å². The van der Waals surface area contributed by atoms with Crippen LogP contribution in [0.3, 0.4) is 0 Å². The Morgan fingerprint density at radius 2 is 2.47 bits per heavy atom. The summed E-state index contributed by atoms with van der Waals surface area (Å²) in [5.41, 5.74) is 0.465. The molecule has 6 nitrogen and oxygen atoms in total. The lowest BCUT2D eigenvalue weighted by Gasteiger charge is -2.04. The number of amides is 1. The maximum Gasteiger partial charge on any atom is 0.256 e. The number of nitrogens with zero attached hydrogens (tertiary/aromatic N) is 3. The highest BCUT2D eigenvalue weighted by atomic mass is 79.9. The van der Waals surface area contributed by atoms with Crippen molar-refractivity contribution in [3.63, 3.8) is 0 Å². The zero-order valence-electron chi connectivity index (χ0n) is 9.18. The number of hydrogen-bond acceptors (Lipinski definition) is 4. The largest absolute Gasteiger partial charge is 0.457 e. The predicted molar refractivity (Wildman–Crippen MR) is 63.3 cm³/mol. The van der Waals surface area contributed by atoms with Crippen LogP contribution in [-0.2, 0) is 13.1 Å². The molecule has 0 aliphatic carbocycles.